The zero-order chi connectivity index (χ0) is 15.5. The Balaban J connectivity index is 1.90. The minimum Gasteiger partial charge on any atom is -0.497 e. The predicted molar refractivity (Wildman–Crippen MR) is 86.3 cm³/mol. The van der Waals surface area contributed by atoms with Gasteiger partial charge < -0.3 is 10.1 Å². The quantitative estimate of drug-likeness (QED) is 0.696. The third-order valence-corrected chi connectivity index (χ3v) is 4.28. The molecule has 110 valence electrons. The number of ketones is 1. The molecule has 0 spiro atoms. The molecule has 2 aromatic rings. The average molecular weight is 311 g/mol. The first kappa shape index (κ1) is 14.4. The maximum absolute atomic E-state index is 12.2. The van der Waals surface area contributed by atoms with Gasteiger partial charge in [-0.25, -0.2) is 0 Å². The normalized spacial score (nSPS) is 15.1. The van der Waals surface area contributed by atoms with E-state index in [1.807, 2.05) is 12.1 Å². The van der Waals surface area contributed by atoms with Crippen LogP contribution >= 0.6 is 11.8 Å². The number of anilines is 1. The minimum absolute atomic E-state index is 0.190. The van der Waals surface area contributed by atoms with Crippen LogP contribution in [0.2, 0.25) is 0 Å². The van der Waals surface area contributed by atoms with Crippen LogP contribution in [0.25, 0.3) is 0 Å². The van der Waals surface area contributed by atoms with E-state index in [0.29, 0.717) is 16.2 Å². The lowest BCUT2D eigenvalue weighted by atomic mass is 10.1. The average Bonchev–Trinajstić information content (AvgIpc) is 2.56. The predicted octanol–water partition coefficient (Wildman–Crippen LogP) is 3.51. The monoisotopic (exact) mass is 311 g/mol. The highest BCUT2D eigenvalue weighted by molar-refractivity contribution is 8.04. The van der Waals surface area contributed by atoms with Gasteiger partial charge >= 0.3 is 0 Å². The first-order valence-corrected chi connectivity index (χ1v) is 7.47. The summed E-state index contributed by atoms with van der Waals surface area (Å²) >= 11 is 1.27. The Labute approximate surface area is 132 Å². The van der Waals surface area contributed by atoms with Gasteiger partial charge in [0.1, 0.15) is 5.75 Å². The lowest BCUT2D eigenvalue weighted by molar-refractivity contribution is -0.112. The topological polar surface area (TPSA) is 55.4 Å². The second-order valence-corrected chi connectivity index (χ2v) is 5.74. The Morgan fingerprint density at radius 1 is 1.18 bits per heavy atom. The van der Waals surface area contributed by atoms with Crippen molar-refractivity contribution in [3.8, 4) is 5.75 Å². The smallest absolute Gasteiger partial charge is 0.262 e. The van der Waals surface area contributed by atoms with E-state index in [9.17, 15) is 9.59 Å². The number of allylic oxidation sites excluding steroid dienone is 1. The molecule has 3 rings (SSSR count). The number of benzene rings is 2. The summed E-state index contributed by atoms with van der Waals surface area (Å²) in [5, 5.41) is 2.78. The summed E-state index contributed by atoms with van der Waals surface area (Å²) in [5.74, 6) is 0.243. The van der Waals surface area contributed by atoms with E-state index in [-0.39, 0.29) is 11.7 Å². The number of carbonyl (C=O) groups is 2. The molecular weight excluding hydrogens is 298 g/mol. The van der Waals surface area contributed by atoms with Gasteiger partial charge in [-0.1, -0.05) is 42.1 Å². The lowest BCUT2D eigenvalue weighted by Gasteiger charge is -2.19. The molecule has 4 nitrogen and oxygen atoms in total. The molecule has 2 aromatic carbocycles. The molecule has 5 heteroatoms. The van der Waals surface area contributed by atoms with E-state index < -0.39 is 0 Å². The molecule has 22 heavy (non-hydrogen) atoms. The Bertz CT molecular complexity index is 769. The number of nitrogens with one attached hydrogen (secondary N) is 1. The molecule has 1 amide bonds. The molecule has 0 saturated heterocycles. The Hall–Kier alpha value is -2.53. The van der Waals surface area contributed by atoms with E-state index in [4.69, 9.17) is 4.74 Å². The van der Waals surface area contributed by atoms with Gasteiger partial charge in [0.05, 0.1) is 17.7 Å². The number of carbonyl (C=O) groups excluding carboxylic acids is 2. The number of ether oxygens (including phenoxy) is 1. The van der Waals surface area contributed by atoms with Crippen LogP contribution in [0.15, 0.2) is 64.4 Å². The summed E-state index contributed by atoms with van der Waals surface area (Å²) < 4.78 is 5.18. The molecule has 0 unspecified atom stereocenters. The Morgan fingerprint density at radius 3 is 2.68 bits per heavy atom. The maximum atomic E-state index is 12.2. The zero-order valence-electron chi connectivity index (χ0n) is 11.8. The fourth-order valence-corrected chi connectivity index (χ4v) is 3.02. The van der Waals surface area contributed by atoms with Crippen LogP contribution in [0.3, 0.4) is 0 Å². The Morgan fingerprint density at radius 2 is 1.95 bits per heavy atom. The first-order chi connectivity index (χ1) is 10.7. The number of amides is 1. The van der Waals surface area contributed by atoms with Crippen LogP contribution < -0.4 is 10.1 Å². The number of methoxy groups -OCH3 is 1. The van der Waals surface area contributed by atoms with Gasteiger partial charge in [-0.2, -0.15) is 0 Å². The SMILES string of the molecule is COc1ccc2c(c1)SC(=CC(=O)c1ccccc1)C(=O)N2. The van der Waals surface area contributed by atoms with Crippen LogP contribution in [-0.4, -0.2) is 18.8 Å². The van der Waals surface area contributed by atoms with Crippen LogP contribution in [0.1, 0.15) is 10.4 Å². The molecule has 1 aliphatic rings. The highest BCUT2D eigenvalue weighted by Crippen LogP contribution is 2.40. The van der Waals surface area contributed by atoms with E-state index in [2.05, 4.69) is 5.32 Å². The molecule has 0 bridgehead atoms. The second kappa shape index (κ2) is 6.07. The van der Waals surface area contributed by atoms with Crippen LogP contribution in [0.5, 0.6) is 5.75 Å². The number of fused-ring (bicyclic) bond motifs is 1. The minimum atomic E-state index is -0.271. The van der Waals surface area contributed by atoms with E-state index >= 15 is 0 Å². The Kier molecular flexibility index (Phi) is 3.98. The highest BCUT2D eigenvalue weighted by atomic mass is 32.2. The standard InChI is InChI=1S/C17H13NO3S/c1-21-12-7-8-13-15(9-12)22-16(17(20)18-13)10-14(19)11-5-3-2-4-6-11/h2-10H,1H3,(H,18,20). The third-order valence-electron chi connectivity index (χ3n) is 3.20. The van der Waals surface area contributed by atoms with Crippen LogP contribution in [0.4, 0.5) is 5.69 Å². The molecule has 0 aromatic heterocycles. The maximum Gasteiger partial charge on any atom is 0.262 e. The summed E-state index contributed by atoms with van der Waals surface area (Å²) in [5.41, 5.74) is 1.28. The fourth-order valence-electron chi connectivity index (χ4n) is 2.07. The van der Waals surface area contributed by atoms with Gasteiger partial charge in [0.25, 0.3) is 5.91 Å². The van der Waals surface area contributed by atoms with Crippen molar-refractivity contribution in [3.63, 3.8) is 0 Å². The number of hydrogen-bond acceptors (Lipinski definition) is 4. The first-order valence-electron chi connectivity index (χ1n) is 6.65. The molecular formula is C17H13NO3S. The van der Waals surface area contributed by atoms with E-state index in [1.165, 1.54) is 17.8 Å². The third kappa shape index (κ3) is 2.89. The van der Waals surface area contributed by atoms with Crippen LogP contribution in [-0.2, 0) is 4.79 Å². The van der Waals surface area contributed by atoms with Crippen molar-refractivity contribution >= 4 is 29.1 Å². The molecule has 1 heterocycles. The largest absolute Gasteiger partial charge is 0.497 e. The number of rotatable bonds is 3. The lowest BCUT2D eigenvalue weighted by Crippen LogP contribution is -2.18. The van der Waals surface area contributed by atoms with Crippen molar-refractivity contribution in [2.45, 2.75) is 4.90 Å². The fraction of sp³-hybridized carbons (Fsp3) is 0.0588. The second-order valence-electron chi connectivity index (χ2n) is 4.66. The van der Waals surface area contributed by atoms with Crippen molar-refractivity contribution in [1.82, 2.24) is 0 Å². The van der Waals surface area contributed by atoms with Crippen molar-refractivity contribution in [2.75, 3.05) is 12.4 Å². The van der Waals surface area contributed by atoms with Gasteiger partial charge in [0.2, 0.25) is 0 Å². The van der Waals surface area contributed by atoms with Gasteiger partial charge in [0, 0.05) is 16.5 Å². The molecule has 0 aliphatic carbocycles. The summed E-state index contributed by atoms with van der Waals surface area (Å²) in [6.45, 7) is 0. The van der Waals surface area contributed by atoms with Gasteiger partial charge in [-0.3, -0.25) is 9.59 Å². The summed E-state index contributed by atoms with van der Waals surface area (Å²) in [6.07, 6.45) is 1.37. The zero-order valence-corrected chi connectivity index (χ0v) is 12.6. The molecule has 1 N–H and O–H groups in total. The molecule has 0 saturated carbocycles. The van der Waals surface area contributed by atoms with Gasteiger partial charge in [-0.15, -0.1) is 0 Å². The van der Waals surface area contributed by atoms with Crippen molar-refractivity contribution in [1.29, 1.82) is 0 Å². The van der Waals surface area contributed by atoms with E-state index in [0.717, 1.165) is 10.6 Å². The van der Waals surface area contributed by atoms with Crippen molar-refractivity contribution < 1.29 is 14.3 Å². The molecule has 0 radical (unpaired) electrons. The van der Waals surface area contributed by atoms with Gasteiger partial charge in [-0.05, 0) is 18.2 Å². The molecule has 0 fully saturated rings. The van der Waals surface area contributed by atoms with E-state index in [1.54, 1.807) is 43.5 Å². The molecule has 1 aliphatic heterocycles. The summed E-state index contributed by atoms with van der Waals surface area (Å²) in [7, 11) is 1.59. The van der Waals surface area contributed by atoms with Gasteiger partial charge in [0.15, 0.2) is 5.78 Å². The summed E-state index contributed by atoms with van der Waals surface area (Å²) in [6, 6.07) is 14.3. The summed E-state index contributed by atoms with van der Waals surface area (Å²) in [4.78, 5) is 25.5. The number of thioether (sulfide) groups is 1. The number of hydrogen-bond donors (Lipinski definition) is 1. The van der Waals surface area contributed by atoms with Crippen molar-refractivity contribution in [2.24, 2.45) is 0 Å². The van der Waals surface area contributed by atoms with Crippen molar-refractivity contribution in [3.05, 3.63) is 65.1 Å². The highest BCUT2D eigenvalue weighted by Gasteiger charge is 2.22. The molecule has 0 atom stereocenters. The van der Waals surface area contributed by atoms with Crippen LogP contribution in [0, 0.1) is 0 Å².